The molecule has 0 N–H and O–H groups in total. The molecule has 0 heterocycles. The van der Waals surface area contributed by atoms with Gasteiger partial charge in [0.25, 0.3) is 0 Å². The van der Waals surface area contributed by atoms with E-state index in [4.69, 9.17) is 0 Å². The zero-order valence-corrected chi connectivity index (χ0v) is 11.9. The summed E-state index contributed by atoms with van der Waals surface area (Å²) in [5.74, 6) is 0. The van der Waals surface area contributed by atoms with Crippen LogP contribution in [-0.4, -0.2) is 9.54 Å². The first-order valence-electron chi connectivity index (χ1n) is 5.55. The van der Waals surface area contributed by atoms with E-state index in [9.17, 15) is 4.79 Å². The molecule has 0 aromatic rings. The Morgan fingerprint density at radius 2 is 1.29 bits per heavy atom. The fourth-order valence-corrected chi connectivity index (χ4v) is 2.13. The first-order valence-corrected chi connectivity index (χ1v) is 7.52. The van der Waals surface area contributed by atoms with Crippen molar-refractivity contribution < 1.29 is 4.79 Å². The fourth-order valence-electron chi connectivity index (χ4n) is 1.43. The minimum Gasteiger partial charge on any atom is -0.288 e. The Labute approximate surface area is 107 Å². The van der Waals surface area contributed by atoms with Crippen LogP contribution in [0.3, 0.4) is 0 Å². The molecule has 0 atom stereocenters. The van der Waals surface area contributed by atoms with Crippen molar-refractivity contribution in [2.45, 2.75) is 57.8 Å². The fraction of sp³-hybridized carbons (Fsp3) is 0.909. The molecule has 0 aromatic carbocycles. The van der Waals surface area contributed by atoms with E-state index in [1.54, 1.807) is 0 Å². The van der Waals surface area contributed by atoms with Crippen LogP contribution >= 0.6 is 35.2 Å². The number of rotatable bonds is 10. The summed E-state index contributed by atoms with van der Waals surface area (Å²) in [6.45, 7) is 0. The Morgan fingerprint density at radius 1 is 0.857 bits per heavy atom. The quantitative estimate of drug-likeness (QED) is 0.272. The van der Waals surface area contributed by atoms with Crippen LogP contribution in [-0.2, 0) is 4.79 Å². The van der Waals surface area contributed by atoms with Crippen LogP contribution in [0.4, 0.5) is 0 Å². The van der Waals surface area contributed by atoms with Crippen LogP contribution in [0.5, 0.6) is 0 Å². The molecule has 0 saturated heterocycles. The highest BCUT2D eigenvalue weighted by molar-refractivity contribution is 14.1. The maximum Gasteiger partial charge on any atom is 0.185 e. The van der Waals surface area contributed by atoms with Crippen LogP contribution in [0.2, 0.25) is 0 Å². The van der Waals surface area contributed by atoms with Gasteiger partial charge in [-0.1, -0.05) is 61.1 Å². The number of thiol groups is 1. The van der Waals surface area contributed by atoms with E-state index in [0.29, 0.717) is 6.42 Å². The first kappa shape index (κ1) is 14.8. The average molecular weight is 328 g/mol. The van der Waals surface area contributed by atoms with Gasteiger partial charge in [-0.05, 0) is 17.3 Å². The van der Waals surface area contributed by atoms with Crippen molar-refractivity contribution in [2.75, 3.05) is 4.43 Å². The molecule has 0 bridgehead atoms. The number of unbranched alkanes of at least 4 members (excludes halogenated alkanes) is 7. The number of halogens is 1. The molecule has 0 spiro atoms. The number of alkyl halides is 1. The summed E-state index contributed by atoms with van der Waals surface area (Å²) < 4.78 is 1.29. The number of carbonyl (C=O) groups excluding carboxylic acids is 1. The number of carbonyl (C=O) groups is 1. The van der Waals surface area contributed by atoms with E-state index in [2.05, 4.69) is 35.2 Å². The van der Waals surface area contributed by atoms with Crippen molar-refractivity contribution in [1.82, 2.24) is 0 Å². The first-order chi connectivity index (χ1) is 6.77. The van der Waals surface area contributed by atoms with Gasteiger partial charge in [0, 0.05) is 6.42 Å². The molecule has 0 aliphatic heterocycles. The molecule has 84 valence electrons. The van der Waals surface area contributed by atoms with E-state index in [-0.39, 0.29) is 5.12 Å². The van der Waals surface area contributed by atoms with Crippen molar-refractivity contribution >= 4 is 40.3 Å². The van der Waals surface area contributed by atoms with Crippen molar-refractivity contribution in [3.05, 3.63) is 0 Å². The standard InChI is InChI=1S/C11H21IOS/c12-10-8-6-4-2-1-3-5-7-9-11(13)14/h1-10H2,(H,13,14). The zero-order chi connectivity index (χ0) is 10.6. The second kappa shape index (κ2) is 11.8. The Balaban J connectivity index is 2.88. The van der Waals surface area contributed by atoms with Crippen LogP contribution < -0.4 is 0 Å². The van der Waals surface area contributed by atoms with Crippen molar-refractivity contribution in [3.8, 4) is 0 Å². The molecule has 0 fully saturated rings. The lowest BCUT2D eigenvalue weighted by atomic mass is 10.1. The van der Waals surface area contributed by atoms with E-state index in [1.165, 1.54) is 49.4 Å². The zero-order valence-electron chi connectivity index (χ0n) is 8.80. The lowest BCUT2D eigenvalue weighted by molar-refractivity contribution is -0.110. The topological polar surface area (TPSA) is 17.1 Å². The molecule has 0 aliphatic carbocycles. The monoisotopic (exact) mass is 328 g/mol. The Hall–Kier alpha value is 0.750. The second-order valence-electron chi connectivity index (χ2n) is 3.66. The molecule has 0 radical (unpaired) electrons. The van der Waals surface area contributed by atoms with Gasteiger partial charge in [0.15, 0.2) is 5.12 Å². The van der Waals surface area contributed by atoms with E-state index < -0.39 is 0 Å². The van der Waals surface area contributed by atoms with E-state index in [1.807, 2.05) is 0 Å². The third-order valence-corrected chi connectivity index (χ3v) is 3.26. The van der Waals surface area contributed by atoms with Crippen molar-refractivity contribution in [3.63, 3.8) is 0 Å². The highest BCUT2D eigenvalue weighted by Crippen LogP contribution is 2.10. The molecule has 1 nitrogen and oxygen atoms in total. The number of hydrogen-bond donors (Lipinski definition) is 1. The summed E-state index contributed by atoms with van der Waals surface area (Å²) >= 11 is 6.17. The Kier molecular flexibility index (Phi) is 12.5. The predicted octanol–water partition coefficient (Wildman–Crippen LogP) is 4.39. The van der Waals surface area contributed by atoms with Gasteiger partial charge in [0.1, 0.15) is 0 Å². The Bertz CT molecular complexity index is 139. The molecule has 0 saturated carbocycles. The van der Waals surface area contributed by atoms with Gasteiger partial charge < -0.3 is 0 Å². The summed E-state index contributed by atoms with van der Waals surface area (Å²) in [6.07, 6.45) is 11.0. The van der Waals surface area contributed by atoms with Gasteiger partial charge >= 0.3 is 0 Å². The van der Waals surface area contributed by atoms with Gasteiger partial charge in [-0.25, -0.2) is 0 Å². The van der Waals surface area contributed by atoms with Gasteiger partial charge in [0.05, 0.1) is 0 Å². The molecular formula is C11H21IOS. The average Bonchev–Trinajstić information content (AvgIpc) is 2.15. The van der Waals surface area contributed by atoms with Crippen molar-refractivity contribution in [1.29, 1.82) is 0 Å². The SMILES string of the molecule is O=C(S)CCCCCCCCCCI. The summed E-state index contributed by atoms with van der Waals surface area (Å²) in [4.78, 5) is 10.5. The maximum absolute atomic E-state index is 10.5. The van der Waals surface area contributed by atoms with Gasteiger partial charge in [-0.2, -0.15) is 0 Å². The molecule has 0 unspecified atom stereocenters. The highest BCUT2D eigenvalue weighted by atomic mass is 127. The normalized spacial score (nSPS) is 10.4. The summed E-state index contributed by atoms with van der Waals surface area (Å²) in [5, 5.41) is 0.0343. The minimum absolute atomic E-state index is 0.0343. The summed E-state index contributed by atoms with van der Waals surface area (Å²) in [6, 6.07) is 0. The van der Waals surface area contributed by atoms with Crippen LogP contribution in [0.25, 0.3) is 0 Å². The Morgan fingerprint density at radius 3 is 1.71 bits per heavy atom. The minimum atomic E-state index is 0.0343. The van der Waals surface area contributed by atoms with Crippen molar-refractivity contribution in [2.24, 2.45) is 0 Å². The second-order valence-corrected chi connectivity index (χ2v) is 5.24. The summed E-state index contributed by atoms with van der Waals surface area (Å²) in [7, 11) is 0. The third kappa shape index (κ3) is 12.8. The predicted molar refractivity (Wildman–Crippen MR) is 74.4 cm³/mol. The molecule has 0 aromatic heterocycles. The van der Waals surface area contributed by atoms with Crippen LogP contribution in [0.1, 0.15) is 57.8 Å². The summed E-state index contributed by atoms with van der Waals surface area (Å²) in [5.41, 5.74) is 0. The molecule has 3 heteroatoms. The maximum atomic E-state index is 10.5. The highest BCUT2D eigenvalue weighted by Gasteiger charge is 1.95. The smallest absolute Gasteiger partial charge is 0.185 e. The molecular weight excluding hydrogens is 307 g/mol. The van der Waals surface area contributed by atoms with Gasteiger partial charge in [-0.15, -0.1) is 12.6 Å². The van der Waals surface area contributed by atoms with Gasteiger partial charge in [-0.3, -0.25) is 4.79 Å². The lowest BCUT2D eigenvalue weighted by Gasteiger charge is -2.00. The number of hydrogen-bond acceptors (Lipinski definition) is 1. The lowest BCUT2D eigenvalue weighted by Crippen LogP contribution is -1.86. The van der Waals surface area contributed by atoms with Crippen LogP contribution in [0.15, 0.2) is 0 Å². The van der Waals surface area contributed by atoms with Gasteiger partial charge in [0.2, 0.25) is 0 Å². The molecule has 14 heavy (non-hydrogen) atoms. The van der Waals surface area contributed by atoms with Crippen LogP contribution in [0, 0.1) is 0 Å². The van der Waals surface area contributed by atoms with E-state index in [0.717, 1.165) is 6.42 Å². The molecule has 0 amide bonds. The van der Waals surface area contributed by atoms with E-state index >= 15 is 0 Å². The molecule has 0 aliphatic rings. The molecule has 0 rings (SSSR count). The third-order valence-electron chi connectivity index (χ3n) is 2.27. The largest absolute Gasteiger partial charge is 0.288 e.